The first-order chi connectivity index (χ1) is 10.2. The molecule has 1 heterocycles. The van der Waals surface area contributed by atoms with Crippen LogP contribution in [0.5, 0.6) is 0 Å². The van der Waals surface area contributed by atoms with E-state index in [0.29, 0.717) is 11.8 Å². The van der Waals surface area contributed by atoms with Gasteiger partial charge in [-0.3, -0.25) is 4.79 Å². The van der Waals surface area contributed by atoms with Gasteiger partial charge in [0.15, 0.2) is 0 Å². The third-order valence-electron chi connectivity index (χ3n) is 5.17. The molecule has 1 aromatic rings. The zero-order valence-corrected chi connectivity index (χ0v) is 13.5. The molecule has 1 saturated heterocycles. The number of hydrogen-bond acceptors (Lipinski definition) is 1. The maximum atomic E-state index is 12.9. The van der Waals surface area contributed by atoms with Crippen LogP contribution in [0.2, 0.25) is 0 Å². The summed E-state index contributed by atoms with van der Waals surface area (Å²) >= 11 is 6.20. The molecule has 0 radical (unpaired) electrons. The van der Waals surface area contributed by atoms with Gasteiger partial charge in [0.25, 0.3) is 0 Å². The molecule has 2 atom stereocenters. The Hall–Kier alpha value is -1.02. The van der Waals surface area contributed by atoms with Gasteiger partial charge in [-0.05, 0) is 56.1 Å². The maximum Gasteiger partial charge on any atom is 0.230 e. The predicted octanol–water partition coefficient (Wildman–Crippen LogP) is 3.97. The summed E-state index contributed by atoms with van der Waals surface area (Å²) in [5, 5.41) is 0.220. The molecule has 0 saturated carbocycles. The Kier molecular flexibility index (Phi) is 4.54. The van der Waals surface area contributed by atoms with Gasteiger partial charge in [-0.1, -0.05) is 24.3 Å². The van der Waals surface area contributed by atoms with Gasteiger partial charge in [0.2, 0.25) is 5.91 Å². The summed E-state index contributed by atoms with van der Waals surface area (Å²) in [6.07, 6.45) is 5.34. The lowest BCUT2D eigenvalue weighted by Crippen LogP contribution is -2.42. The number of carbonyl (C=O) groups excluding carboxylic acids is 1. The van der Waals surface area contributed by atoms with E-state index in [4.69, 9.17) is 11.6 Å². The normalized spacial score (nSPS) is 24.5. The number of fused-ring (bicyclic) bond motifs is 1. The van der Waals surface area contributed by atoms with Gasteiger partial charge in [-0.2, -0.15) is 0 Å². The smallest absolute Gasteiger partial charge is 0.230 e. The molecule has 114 valence electrons. The van der Waals surface area contributed by atoms with Crippen LogP contribution in [-0.2, 0) is 11.2 Å². The number of piperidine rings is 1. The van der Waals surface area contributed by atoms with Crippen LogP contribution in [0.4, 0.5) is 0 Å². The fraction of sp³-hybridized carbons (Fsp3) is 0.611. The second-order valence-corrected chi connectivity index (χ2v) is 7.17. The van der Waals surface area contributed by atoms with Crippen molar-refractivity contribution < 1.29 is 4.79 Å². The second-order valence-electron chi connectivity index (χ2n) is 6.48. The summed E-state index contributed by atoms with van der Waals surface area (Å²) in [5.74, 6) is 0.983. The first-order valence-electron chi connectivity index (χ1n) is 8.17. The maximum absolute atomic E-state index is 12.9. The number of halogens is 1. The molecule has 2 unspecified atom stereocenters. The quantitative estimate of drug-likeness (QED) is 0.757. The van der Waals surface area contributed by atoms with Crippen molar-refractivity contribution in [2.75, 3.05) is 13.1 Å². The topological polar surface area (TPSA) is 20.3 Å². The third-order valence-corrected chi connectivity index (χ3v) is 5.52. The van der Waals surface area contributed by atoms with Gasteiger partial charge in [0.05, 0.1) is 5.92 Å². The molecule has 3 heteroatoms. The van der Waals surface area contributed by atoms with Crippen LogP contribution < -0.4 is 0 Å². The van der Waals surface area contributed by atoms with E-state index in [0.717, 1.165) is 45.2 Å². The number of hydrogen-bond donors (Lipinski definition) is 0. The number of likely N-dealkylation sites (tertiary alicyclic amines) is 1. The van der Waals surface area contributed by atoms with E-state index in [1.807, 2.05) is 0 Å². The fourth-order valence-corrected chi connectivity index (χ4v) is 4.06. The van der Waals surface area contributed by atoms with E-state index in [1.165, 1.54) is 11.1 Å². The Morgan fingerprint density at radius 3 is 2.67 bits per heavy atom. The molecule has 0 aromatic heterocycles. The first kappa shape index (κ1) is 14.9. The molecule has 3 rings (SSSR count). The van der Waals surface area contributed by atoms with E-state index < -0.39 is 0 Å². The summed E-state index contributed by atoms with van der Waals surface area (Å²) in [5.41, 5.74) is 2.63. The molecular weight excluding hydrogens is 282 g/mol. The lowest BCUT2D eigenvalue weighted by molar-refractivity contribution is -0.134. The van der Waals surface area contributed by atoms with Crippen molar-refractivity contribution in [3.63, 3.8) is 0 Å². The largest absolute Gasteiger partial charge is 0.342 e. The van der Waals surface area contributed by atoms with Gasteiger partial charge in [0.1, 0.15) is 0 Å². The number of nitrogens with zero attached hydrogens (tertiary/aromatic N) is 1. The lowest BCUT2D eigenvalue weighted by Gasteiger charge is -2.36. The standard InChI is InChI=1S/C18H24ClNO/c1-13(19)14-9-11-20(12-10-14)18(21)17-8-4-6-15-5-2-3-7-16(15)17/h2-3,5,7,13-14,17H,4,6,8-12H2,1H3. The van der Waals surface area contributed by atoms with Crippen molar-refractivity contribution in [1.29, 1.82) is 0 Å². The van der Waals surface area contributed by atoms with Crippen LogP contribution >= 0.6 is 11.6 Å². The van der Waals surface area contributed by atoms with E-state index in [2.05, 4.69) is 36.1 Å². The third kappa shape index (κ3) is 3.11. The van der Waals surface area contributed by atoms with Crippen molar-refractivity contribution in [2.45, 2.75) is 50.3 Å². The number of carbonyl (C=O) groups is 1. The average Bonchev–Trinajstić information content (AvgIpc) is 2.53. The van der Waals surface area contributed by atoms with Crippen LogP contribution in [0.25, 0.3) is 0 Å². The SMILES string of the molecule is CC(Cl)C1CCN(C(=O)C2CCCc3ccccc32)CC1. The van der Waals surface area contributed by atoms with E-state index >= 15 is 0 Å². The Morgan fingerprint density at radius 2 is 1.95 bits per heavy atom. The molecule has 1 fully saturated rings. The first-order valence-corrected chi connectivity index (χ1v) is 8.61. The molecule has 1 amide bonds. The minimum Gasteiger partial charge on any atom is -0.342 e. The average molecular weight is 306 g/mol. The van der Waals surface area contributed by atoms with E-state index in [9.17, 15) is 4.79 Å². The van der Waals surface area contributed by atoms with Gasteiger partial charge < -0.3 is 4.90 Å². The van der Waals surface area contributed by atoms with Crippen LogP contribution in [0, 0.1) is 5.92 Å². The van der Waals surface area contributed by atoms with Gasteiger partial charge in [-0.15, -0.1) is 11.6 Å². The number of rotatable bonds is 2. The highest BCUT2D eigenvalue weighted by atomic mass is 35.5. The van der Waals surface area contributed by atoms with Gasteiger partial charge in [0, 0.05) is 18.5 Å². The van der Waals surface area contributed by atoms with Crippen LogP contribution in [-0.4, -0.2) is 29.3 Å². The highest BCUT2D eigenvalue weighted by molar-refractivity contribution is 6.20. The molecule has 0 bridgehead atoms. The van der Waals surface area contributed by atoms with E-state index in [-0.39, 0.29) is 11.3 Å². The van der Waals surface area contributed by atoms with Crippen molar-refractivity contribution >= 4 is 17.5 Å². The van der Waals surface area contributed by atoms with Crippen LogP contribution in [0.3, 0.4) is 0 Å². The molecule has 2 aliphatic rings. The molecule has 0 spiro atoms. The number of aryl methyl sites for hydroxylation is 1. The minimum absolute atomic E-state index is 0.0833. The second kappa shape index (κ2) is 6.39. The molecule has 1 aliphatic heterocycles. The number of benzene rings is 1. The molecule has 1 aromatic carbocycles. The summed E-state index contributed by atoms with van der Waals surface area (Å²) in [4.78, 5) is 15.0. The van der Waals surface area contributed by atoms with Gasteiger partial charge >= 0.3 is 0 Å². The number of amides is 1. The molecule has 21 heavy (non-hydrogen) atoms. The Balaban J connectivity index is 1.70. The zero-order chi connectivity index (χ0) is 14.8. The van der Waals surface area contributed by atoms with E-state index in [1.54, 1.807) is 0 Å². The molecule has 1 aliphatic carbocycles. The summed E-state index contributed by atoms with van der Waals surface area (Å²) in [6.45, 7) is 3.82. The summed E-state index contributed by atoms with van der Waals surface area (Å²) in [6, 6.07) is 8.46. The minimum atomic E-state index is 0.0833. The fourth-order valence-electron chi connectivity index (χ4n) is 3.81. The van der Waals surface area contributed by atoms with Crippen molar-refractivity contribution in [3.05, 3.63) is 35.4 Å². The Labute approximate surface area is 132 Å². The molecule has 2 nitrogen and oxygen atoms in total. The van der Waals surface area contributed by atoms with Crippen molar-refractivity contribution in [3.8, 4) is 0 Å². The van der Waals surface area contributed by atoms with Crippen molar-refractivity contribution in [1.82, 2.24) is 4.90 Å². The summed E-state index contributed by atoms with van der Waals surface area (Å²) in [7, 11) is 0. The Bertz CT molecular complexity index is 506. The highest BCUT2D eigenvalue weighted by Gasteiger charge is 2.32. The molecular formula is C18H24ClNO. The summed E-state index contributed by atoms with van der Waals surface area (Å²) < 4.78 is 0. The zero-order valence-electron chi connectivity index (χ0n) is 12.7. The van der Waals surface area contributed by atoms with Crippen molar-refractivity contribution in [2.24, 2.45) is 5.92 Å². The predicted molar refractivity (Wildman–Crippen MR) is 86.7 cm³/mol. The molecule has 0 N–H and O–H groups in total. The number of alkyl halides is 1. The van der Waals surface area contributed by atoms with Crippen LogP contribution in [0.1, 0.15) is 49.7 Å². The highest BCUT2D eigenvalue weighted by Crippen LogP contribution is 2.34. The Morgan fingerprint density at radius 1 is 1.24 bits per heavy atom. The van der Waals surface area contributed by atoms with Crippen LogP contribution in [0.15, 0.2) is 24.3 Å². The monoisotopic (exact) mass is 305 g/mol. The lowest BCUT2D eigenvalue weighted by atomic mass is 9.81. The van der Waals surface area contributed by atoms with Gasteiger partial charge in [-0.25, -0.2) is 0 Å².